The maximum absolute atomic E-state index is 12.0. The zero-order chi connectivity index (χ0) is 21.6. The Morgan fingerprint density at radius 1 is 1.26 bits per heavy atom. The van der Waals surface area contributed by atoms with Crippen LogP contribution in [0.1, 0.15) is 72.2 Å². The van der Waals surface area contributed by atoms with Crippen LogP contribution in [-0.2, 0) is 10.3 Å². The van der Waals surface area contributed by atoms with Crippen LogP contribution in [0.15, 0.2) is 35.6 Å². The molecular formula is C20H35BN4O2. The zero-order valence-corrected chi connectivity index (χ0v) is 18.1. The Kier molecular flexibility index (Phi) is 13.8. The maximum Gasteiger partial charge on any atom is 0.253 e. The monoisotopic (exact) mass is 374 g/mol. The number of amidine groups is 1. The zero-order valence-electron chi connectivity index (χ0n) is 18.1. The number of carbonyl (C=O) groups is 2. The summed E-state index contributed by atoms with van der Waals surface area (Å²) in [6, 6.07) is 1.71. The van der Waals surface area contributed by atoms with Gasteiger partial charge in [0.1, 0.15) is 13.7 Å². The van der Waals surface area contributed by atoms with Crippen LogP contribution in [0, 0.1) is 0 Å². The van der Waals surface area contributed by atoms with E-state index in [1.165, 1.54) is 6.42 Å². The number of rotatable bonds is 4. The van der Waals surface area contributed by atoms with E-state index in [-0.39, 0.29) is 29.5 Å². The lowest BCUT2D eigenvalue weighted by atomic mass is 10.1. The number of nitrogens with zero attached hydrogens (tertiary/aromatic N) is 2. The van der Waals surface area contributed by atoms with E-state index in [2.05, 4.69) is 36.1 Å². The average Bonchev–Trinajstić information content (AvgIpc) is 3.04. The van der Waals surface area contributed by atoms with Crippen LogP contribution in [0.25, 0.3) is 0 Å². The van der Waals surface area contributed by atoms with Crippen molar-refractivity contribution < 1.29 is 9.59 Å². The summed E-state index contributed by atoms with van der Waals surface area (Å²) in [6.45, 7) is 19.2. The van der Waals surface area contributed by atoms with Gasteiger partial charge in [-0.05, 0) is 39.4 Å². The van der Waals surface area contributed by atoms with E-state index in [9.17, 15) is 9.59 Å². The first-order chi connectivity index (χ1) is 12.5. The van der Waals surface area contributed by atoms with Crippen LogP contribution in [0.3, 0.4) is 0 Å². The fourth-order valence-electron chi connectivity index (χ4n) is 1.70. The molecular weight excluding hydrogens is 339 g/mol. The molecule has 0 aliphatic carbocycles. The highest BCUT2D eigenvalue weighted by atomic mass is 16.2. The second-order valence-electron chi connectivity index (χ2n) is 6.60. The minimum atomic E-state index is -0.383. The lowest BCUT2D eigenvalue weighted by Crippen LogP contribution is -2.39. The molecule has 150 valence electrons. The van der Waals surface area contributed by atoms with Crippen LogP contribution in [0.4, 0.5) is 0 Å². The van der Waals surface area contributed by atoms with Crippen molar-refractivity contribution in [2.75, 3.05) is 6.54 Å². The van der Waals surface area contributed by atoms with Crippen LogP contribution in [-0.4, -0.2) is 36.6 Å². The highest BCUT2D eigenvalue weighted by Gasteiger charge is 2.15. The molecule has 0 saturated heterocycles. The van der Waals surface area contributed by atoms with Crippen molar-refractivity contribution in [1.82, 2.24) is 15.2 Å². The van der Waals surface area contributed by atoms with Crippen molar-refractivity contribution in [2.45, 2.75) is 67.3 Å². The van der Waals surface area contributed by atoms with Crippen molar-refractivity contribution in [3.63, 3.8) is 0 Å². The van der Waals surface area contributed by atoms with Crippen LogP contribution < -0.4 is 10.6 Å². The van der Waals surface area contributed by atoms with Gasteiger partial charge in [0.05, 0.1) is 12.1 Å². The third-order valence-electron chi connectivity index (χ3n) is 2.77. The first kappa shape index (κ1) is 26.9. The standard InChI is InChI=1S/C15H21BN4O2.C3H8.C2H6/c1-10(16)18-11(2)19-13(21)8-17-14(22)12-6-7-20(9-12)15(3,4)5;1-3-2;1-2/h6-7,9H,1,8H2,2-5H3,(H,17,22)(H,18,19,21);3H2,1-2H3;1-2H3. The van der Waals surface area contributed by atoms with Gasteiger partial charge in [0, 0.05) is 17.9 Å². The van der Waals surface area contributed by atoms with E-state index < -0.39 is 0 Å². The van der Waals surface area contributed by atoms with E-state index in [1.807, 2.05) is 45.4 Å². The van der Waals surface area contributed by atoms with Crippen LogP contribution >= 0.6 is 0 Å². The van der Waals surface area contributed by atoms with E-state index in [0.717, 1.165) is 0 Å². The van der Waals surface area contributed by atoms with Gasteiger partial charge in [-0.1, -0.05) is 40.7 Å². The van der Waals surface area contributed by atoms with Gasteiger partial charge in [-0.25, -0.2) is 0 Å². The molecule has 0 aromatic carbocycles. The molecule has 2 N–H and O–H groups in total. The molecule has 2 amide bonds. The fraction of sp³-hybridized carbons (Fsp3) is 0.550. The Balaban J connectivity index is 0. The number of hydrogen-bond acceptors (Lipinski definition) is 3. The number of nitrogens with one attached hydrogen (secondary N) is 2. The van der Waals surface area contributed by atoms with Gasteiger partial charge >= 0.3 is 0 Å². The number of aromatic nitrogens is 1. The molecule has 0 aliphatic heterocycles. The van der Waals surface area contributed by atoms with E-state index in [0.29, 0.717) is 11.4 Å². The molecule has 1 aromatic heterocycles. The summed E-state index contributed by atoms with van der Waals surface area (Å²) in [4.78, 5) is 27.4. The molecule has 1 aromatic rings. The van der Waals surface area contributed by atoms with E-state index >= 15 is 0 Å². The van der Waals surface area contributed by atoms with E-state index in [1.54, 1.807) is 19.2 Å². The Morgan fingerprint density at radius 3 is 2.19 bits per heavy atom. The molecule has 0 fully saturated rings. The van der Waals surface area contributed by atoms with Crippen molar-refractivity contribution in [1.29, 1.82) is 0 Å². The summed E-state index contributed by atoms with van der Waals surface area (Å²) in [5.74, 6) is -0.368. The minimum Gasteiger partial charge on any atom is -0.348 e. The highest BCUT2D eigenvalue weighted by molar-refractivity contribution is 6.22. The van der Waals surface area contributed by atoms with Crippen molar-refractivity contribution in [3.8, 4) is 0 Å². The average molecular weight is 374 g/mol. The molecule has 0 saturated carbocycles. The van der Waals surface area contributed by atoms with Gasteiger partial charge in [-0.2, -0.15) is 0 Å². The van der Waals surface area contributed by atoms with Crippen molar-refractivity contribution in [2.24, 2.45) is 4.99 Å². The van der Waals surface area contributed by atoms with Gasteiger partial charge in [-0.3, -0.25) is 14.6 Å². The minimum absolute atomic E-state index is 0.102. The largest absolute Gasteiger partial charge is 0.348 e. The Bertz CT molecular complexity index is 628. The van der Waals surface area contributed by atoms with Crippen molar-refractivity contribution in [3.05, 3.63) is 36.2 Å². The predicted molar refractivity (Wildman–Crippen MR) is 115 cm³/mol. The van der Waals surface area contributed by atoms with E-state index in [4.69, 9.17) is 7.85 Å². The first-order valence-electron chi connectivity index (χ1n) is 9.27. The lowest BCUT2D eigenvalue weighted by Gasteiger charge is -2.20. The SMILES string of the molecule is CC.CCC.[B]C(=C)/N=C(\C)NC(=O)CNC(=O)c1ccn(C(C)(C)C)c1. The third-order valence-corrected chi connectivity index (χ3v) is 2.77. The Labute approximate surface area is 165 Å². The quantitative estimate of drug-likeness (QED) is 0.480. The summed E-state index contributed by atoms with van der Waals surface area (Å²) in [5.41, 5.74) is 0.502. The van der Waals surface area contributed by atoms with Crippen molar-refractivity contribution >= 4 is 25.5 Å². The highest BCUT2D eigenvalue weighted by Crippen LogP contribution is 2.15. The number of amides is 2. The molecule has 0 bridgehead atoms. The molecule has 0 atom stereocenters. The Morgan fingerprint density at radius 2 is 1.78 bits per heavy atom. The third kappa shape index (κ3) is 12.6. The predicted octanol–water partition coefficient (Wildman–Crippen LogP) is 3.59. The summed E-state index contributed by atoms with van der Waals surface area (Å²) in [7, 11) is 5.30. The second-order valence-corrected chi connectivity index (χ2v) is 6.60. The molecule has 27 heavy (non-hydrogen) atoms. The van der Waals surface area contributed by atoms with Gasteiger partial charge in [0.25, 0.3) is 5.91 Å². The molecule has 1 rings (SSSR count). The Hall–Kier alpha value is -2.31. The van der Waals surface area contributed by atoms with Crippen LogP contribution in [0.2, 0.25) is 0 Å². The normalized spacial score (nSPS) is 10.6. The molecule has 0 unspecified atom stereocenters. The molecule has 0 aliphatic rings. The lowest BCUT2D eigenvalue weighted by molar-refractivity contribution is -0.118. The topological polar surface area (TPSA) is 75.5 Å². The molecule has 2 radical (unpaired) electrons. The summed E-state index contributed by atoms with van der Waals surface area (Å²) in [5, 5.41) is 5.05. The molecule has 7 heteroatoms. The smallest absolute Gasteiger partial charge is 0.253 e. The van der Waals surface area contributed by atoms with Crippen LogP contribution in [0.5, 0.6) is 0 Å². The molecule has 6 nitrogen and oxygen atoms in total. The first-order valence-corrected chi connectivity index (χ1v) is 9.27. The maximum atomic E-state index is 12.0. The summed E-state index contributed by atoms with van der Waals surface area (Å²) in [6.07, 6.45) is 4.83. The second kappa shape index (κ2) is 13.8. The molecule has 0 spiro atoms. The number of carbonyl (C=O) groups excluding carboxylic acids is 2. The van der Waals surface area contributed by atoms with Gasteiger partial charge in [-0.15, -0.1) is 0 Å². The number of aliphatic imine (C=N–C) groups is 1. The molecule has 1 heterocycles. The van der Waals surface area contributed by atoms with Gasteiger partial charge < -0.3 is 15.2 Å². The summed E-state index contributed by atoms with van der Waals surface area (Å²) >= 11 is 0. The van der Waals surface area contributed by atoms with Gasteiger partial charge in [0.15, 0.2) is 0 Å². The fourth-order valence-corrected chi connectivity index (χ4v) is 1.70. The van der Waals surface area contributed by atoms with Gasteiger partial charge in [0.2, 0.25) is 5.91 Å². The number of hydrogen-bond donors (Lipinski definition) is 2. The summed E-state index contributed by atoms with van der Waals surface area (Å²) < 4.78 is 1.94.